The smallest absolute Gasteiger partial charge is 0.372 e. The van der Waals surface area contributed by atoms with Crippen LogP contribution in [0.1, 0.15) is 47.0 Å². The van der Waals surface area contributed by atoms with Crippen molar-refractivity contribution in [3.63, 3.8) is 0 Å². The summed E-state index contributed by atoms with van der Waals surface area (Å²) in [7, 11) is -2.78. The van der Waals surface area contributed by atoms with Crippen LogP contribution in [0.25, 0.3) is 0 Å². The summed E-state index contributed by atoms with van der Waals surface area (Å²) in [5.74, 6) is 0.922. The fourth-order valence-corrected chi connectivity index (χ4v) is 7.45. The van der Waals surface area contributed by atoms with E-state index in [2.05, 4.69) is 6.92 Å². The Hall–Kier alpha value is 0.117. The first-order valence-corrected chi connectivity index (χ1v) is 10.0. The molecule has 0 aromatic rings. The van der Waals surface area contributed by atoms with Gasteiger partial charge in [0.25, 0.3) is 0 Å². The largest absolute Gasteiger partial charge is 0.540 e. The molecule has 1 atom stereocenters. The van der Waals surface area contributed by atoms with Crippen molar-refractivity contribution < 1.29 is 13.3 Å². The zero-order valence-electron chi connectivity index (χ0n) is 12.6. The molecule has 1 rings (SSSR count). The van der Waals surface area contributed by atoms with E-state index in [1.165, 1.54) is 0 Å². The maximum atomic E-state index is 6.05. The number of rotatable bonds is 10. The Morgan fingerprint density at radius 3 is 2.05 bits per heavy atom. The monoisotopic (exact) mass is 305 g/mol. The highest BCUT2D eigenvalue weighted by Crippen LogP contribution is 2.45. The number of thioether (sulfide) groups is 1. The normalized spacial score (nSPS) is 23.2. The highest BCUT2D eigenvalue weighted by atomic mass is 32.2. The van der Waals surface area contributed by atoms with Gasteiger partial charge in [-0.2, -0.15) is 0 Å². The van der Waals surface area contributed by atoms with Crippen LogP contribution in [-0.4, -0.2) is 45.1 Å². The van der Waals surface area contributed by atoms with E-state index in [-0.39, 0.29) is 4.49 Å². The molecule has 19 heavy (non-hydrogen) atoms. The van der Waals surface area contributed by atoms with Crippen molar-refractivity contribution in [3.8, 4) is 0 Å². The van der Waals surface area contributed by atoms with Crippen LogP contribution in [-0.2, 0) is 13.3 Å². The third-order valence-corrected chi connectivity index (χ3v) is 8.68. The topological polar surface area (TPSA) is 40.0 Å². The van der Waals surface area contributed by atoms with E-state index < -0.39 is 8.80 Å². The Morgan fingerprint density at radius 2 is 1.68 bits per heavy atom. The van der Waals surface area contributed by atoms with E-state index in [0.717, 1.165) is 25.0 Å². The summed E-state index contributed by atoms with van der Waals surface area (Å²) < 4.78 is 17.8. The summed E-state index contributed by atoms with van der Waals surface area (Å²) in [5.41, 5.74) is 0. The number of aliphatic imine (C=N–C) groups is 1. The first-order chi connectivity index (χ1) is 9.20. The summed E-state index contributed by atoms with van der Waals surface area (Å²) in [6.45, 7) is 10.0. The van der Waals surface area contributed by atoms with E-state index in [1.807, 2.05) is 38.7 Å². The molecule has 0 saturated heterocycles. The predicted molar refractivity (Wildman–Crippen MR) is 83.8 cm³/mol. The SMILES string of the molecule is CCCCC1([Si](OCC)(OCC)OCC)N=CCS1. The van der Waals surface area contributed by atoms with Gasteiger partial charge in [-0.3, -0.25) is 4.99 Å². The molecule has 6 heteroatoms. The molecule has 112 valence electrons. The number of nitrogens with zero attached hydrogens (tertiary/aromatic N) is 1. The quantitative estimate of drug-likeness (QED) is 0.581. The van der Waals surface area contributed by atoms with Gasteiger partial charge in [-0.1, -0.05) is 19.8 Å². The lowest BCUT2D eigenvalue weighted by Gasteiger charge is -2.40. The van der Waals surface area contributed by atoms with Gasteiger partial charge < -0.3 is 13.3 Å². The van der Waals surface area contributed by atoms with Crippen molar-refractivity contribution >= 4 is 26.8 Å². The number of hydrogen-bond acceptors (Lipinski definition) is 5. The van der Waals surface area contributed by atoms with Crippen molar-refractivity contribution in [2.24, 2.45) is 4.99 Å². The van der Waals surface area contributed by atoms with Crippen LogP contribution in [0.2, 0.25) is 0 Å². The van der Waals surface area contributed by atoms with Crippen LogP contribution in [0.15, 0.2) is 4.99 Å². The standard InChI is InChI=1S/C13H27NO3SSi/c1-5-9-10-13(14-11-12-18-13)19(15-6-2,16-7-3)17-8-4/h11H,5-10,12H2,1-4H3. The Balaban J connectivity index is 3.04. The minimum Gasteiger partial charge on any atom is -0.372 e. The average molecular weight is 306 g/mol. The molecule has 1 heterocycles. The van der Waals surface area contributed by atoms with E-state index in [1.54, 1.807) is 0 Å². The van der Waals surface area contributed by atoms with Crippen LogP contribution in [0.3, 0.4) is 0 Å². The summed E-state index contributed by atoms with van der Waals surface area (Å²) in [4.78, 5) is 4.76. The van der Waals surface area contributed by atoms with Crippen LogP contribution in [0.5, 0.6) is 0 Å². The zero-order chi connectivity index (χ0) is 14.2. The summed E-state index contributed by atoms with van der Waals surface area (Å²) in [6.07, 6.45) is 5.22. The molecule has 0 amide bonds. The van der Waals surface area contributed by atoms with Crippen molar-refractivity contribution in [3.05, 3.63) is 0 Å². The van der Waals surface area contributed by atoms with E-state index in [0.29, 0.717) is 19.8 Å². The van der Waals surface area contributed by atoms with Crippen molar-refractivity contribution in [2.75, 3.05) is 25.6 Å². The molecule has 1 unspecified atom stereocenters. The first-order valence-electron chi connectivity index (χ1n) is 7.29. The summed E-state index contributed by atoms with van der Waals surface area (Å²) >= 11 is 1.82. The fourth-order valence-electron chi connectivity index (χ4n) is 2.30. The third-order valence-electron chi connectivity index (χ3n) is 3.05. The number of hydrogen-bond donors (Lipinski definition) is 0. The average Bonchev–Trinajstić information content (AvgIpc) is 2.87. The summed E-state index contributed by atoms with van der Waals surface area (Å²) in [6, 6.07) is 0. The van der Waals surface area contributed by atoms with E-state index in [4.69, 9.17) is 18.3 Å². The second-order valence-corrected chi connectivity index (χ2v) is 8.83. The summed E-state index contributed by atoms with van der Waals surface area (Å²) in [5, 5.41) is 0. The van der Waals surface area contributed by atoms with Crippen LogP contribution < -0.4 is 0 Å². The molecular weight excluding hydrogens is 278 g/mol. The van der Waals surface area contributed by atoms with Gasteiger partial charge in [0.2, 0.25) is 0 Å². The second-order valence-electron chi connectivity index (χ2n) is 4.37. The van der Waals surface area contributed by atoms with Gasteiger partial charge in [-0.25, -0.2) is 0 Å². The lowest BCUT2D eigenvalue weighted by Crippen LogP contribution is -2.62. The molecule has 1 aliphatic rings. The molecule has 0 saturated carbocycles. The molecule has 0 bridgehead atoms. The number of unbranched alkanes of at least 4 members (excludes halogenated alkanes) is 1. The van der Waals surface area contributed by atoms with Gasteiger partial charge in [0.15, 0.2) is 4.49 Å². The maximum absolute atomic E-state index is 6.05. The molecule has 0 fully saturated rings. The predicted octanol–water partition coefficient (Wildman–Crippen LogP) is 3.28. The van der Waals surface area contributed by atoms with Gasteiger partial charge in [0.1, 0.15) is 0 Å². The van der Waals surface area contributed by atoms with E-state index >= 15 is 0 Å². The second kappa shape index (κ2) is 8.41. The molecule has 0 spiro atoms. The Labute approximate surface area is 122 Å². The Bertz CT molecular complexity index is 274. The minimum absolute atomic E-state index is 0.328. The molecule has 1 aliphatic heterocycles. The molecule has 0 aromatic heterocycles. The zero-order valence-corrected chi connectivity index (χ0v) is 14.4. The first kappa shape index (κ1) is 17.2. The van der Waals surface area contributed by atoms with Gasteiger partial charge >= 0.3 is 8.80 Å². The third kappa shape index (κ3) is 3.82. The van der Waals surface area contributed by atoms with Gasteiger partial charge in [-0.05, 0) is 27.2 Å². The van der Waals surface area contributed by atoms with Crippen LogP contribution in [0, 0.1) is 0 Å². The maximum Gasteiger partial charge on any atom is 0.540 e. The minimum atomic E-state index is -2.78. The lowest BCUT2D eigenvalue weighted by molar-refractivity contribution is 0.0573. The lowest BCUT2D eigenvalue weighted by atomic mass is 10.2. The Kier molecular flexibility index (Phi) is 7.60. The van der Waals surface area contributed by atoms with Gasteiger partial charge in [-0.15, -0.1) is 11.8 Å². The van der Waals surface area contributed by atoms with E-state index in [9.17, 15) is 0 Å². The van der Waals surface area contributed by atoms with Crippen molar-refractivity contribution in [1.82, 2.24) is 0 Å². The van der Waals surface area contributed by atoms with Crippen molar-refractivity contribution in [1.29, 1.82) is 0 Å². The highest BCUT2D eigenvalue weighted by Gasteiger charge is 2.62. The Morgan fingerprint density at radius 1 is 1.11 bits per heavy atom. The molecule has 4 nitrogen and oxygen atoms in total. The van der Waals surface area contributed by atoms with Gasteiger partial charge in [0, 0.05) is 31.8 Å². The fraction of sp³-hybridized carbons (Fsp3) is 0.923. The molecular formula is C13H27NO3SSi. The van der Waals surface area contributed by atoms with Gasteiger partial charge in [0.05, 0.1) is 0 Å². The van der Waals surface area contributed by atoms with Crippen LogP contribution >= 0.6 is 11.8 Å². The molecule has 0 aromatic carbocycles. The van der Waals surface area contributed by atoms with Crippen molar-refractivity contribution in [2.45, 2.75) is 51.5 Å². The molecule has 0 aliphatic carbocycles. The van der Waals surface area contributed by atoms with Crippen LogP contribution in [0.4, 0.5) is 0 Å². The highest BCUT2D eigenvalue weighted by molar-refractivity contribution is 8.03. The molecule has 0 N–H and O–H groups in total. The molecule has 0 radical (unpaired) electrons.